The van der Waals surface area contributed by atoms with Crippen molar-refractivity contribution in [1.82, 2.24) is 4.98 Å². The maximum atomic E-state index is 4.55. The molecule has 1 nitrogen and oxygen atoms in total. The summed E-state index contributed by atoms with van der Waals surface area (Å²) in [5, 5.41) is 0. The lowest BCUT2D eigenvalue weighted by Gasteiger charge is -2.21. The minimum Gasteiger partial charge on any atom is -0.261 e. The number of hydrogen-bond acceptors (Lipinski definition) is 1. The van der Waals surface area contributed by atoms with Crippen molar-refractivity contribution in [2.45, 2.75) is 52.9 Å². The van der Waals surface area contributed by atoms with Gasteiger partial charge in [0, 0.05) is 17.8 Å². The van der Waals surface area contributed by atoms with Gasteiger partial charge in [0.15, 0.2) is 0 Å². The second-order valence-electron chi connectivity index (χ2n) is 4.46. The molecule has 0 aliphatic carbocycles. The summed E-state index contributed by atoms with van der Waals surface area (Å²) in [6.07, 6.45) is 5.57. The molecule has 0 fully saturated rings. The third-order valence-electron chi connectivity index (χ3n) is 3.34. The second kappa shape index (κ2) is 5.89. The van der Waals surface area contributed by atoms with Gasteiger partial charge >= 0.3 is 0 Å². The minimum atomic E-state index is 0.584. The van der Waals surface area contributed by atoms with Crippen molar-refractivity contribution < 1.29 is 0 Å². The Labute approximate surface area is 93.9 Å². The van der Waals surface area contributed by atoms with Crippen LogP contribution >= 0.6 is 0 Å². The van der Waals surface area contributed by atoms with Crippen LogP contribution in [0.2, 0.25) is 0 Å². The summed E-state index contributed by atoms with van der Waals surface area (Å²) in [6.45, 7) is 9.10. The van der Waals surface area contributed by atoms with Gasteiger partial charge in [-0.2, -0.15) is 0 Å². The summed E-state index contributed by atoms with van der Waals surface area (Å²) in [5.74, 6) is 1.32. The maximum absolute atomic E-state index is 4.55. The first kappa shape index (κ1) is 12.2. The zero-order valence-electron chi connectivity index (χ0n) is 10.5. The SMILES string of the molecule is CCCC(C)C(C)c1ncccc1CC. The van der Waals surface area contributed by atoms with Gasteiger partial charge in [-0.1, -0.05) is 46.6 Å². The Hall–Kier alpha value is -0.850. The van der Waals surface area contributed by atoms with E-state index in [0.29, 0.717) is 5.92 Å². The molecule has 1 rings (SSSR count). The first-order chi connectivity index (χ1) is 7.20. The molecule has 0 saturated carbocycles. The predicted octanol–water partition coefficient (Wildman–Crippen LogP) is 4.18. The summed E-state index contributed by atoms with van der Waals surface area (Å²) in [7, 11) is 0. The van der Waals surface area contributed by atoms with Crippen LogP contribution in [0.3, 0.4) is 0 Å². The highest BCUT2D eigenvalue weighted by Crippen LogP contribution is 2.28. The lowest BCUT2D eigenvalue weighted by Crippen LogP contribution is -2.10. The third-order valence-corrected chi connectivity index (χ3v) is 3.34. The van der Waals surface area contributed by atoms with Gasteiger partial charge in [-0.15, -0.1) is 0 Å². The van der Waals surface area contributed by atoms with Crippen molar-refractivity contribution >= 4 is 0 Å². The van der Waals surface area contributed by atoms with E-state index in [2.05, 4.69) is 38.7 Å². The number of hydrogen-bond donors (Lipinski definition) is 0. The molecule has 1 heteroatoms. The van der Waals surface area contributed by atoms with E-state index < -0.39 is 0 Å². The molecular weight excluding hydrogens is 182 g/mol. The predicted molar refractivity (Wildman–Crippen MR) is 66.1 cm³/mol. The minimum absolute atomic E-state index is 0.584. The number of nitrogens with zero attached hydrogens (tertiary/aromatic N) is 1. The summed E-state index contributed by atoms with van der Waals surface area (Å²) in [6, 6.07) is 4.25. The van der Waals surface area contributed by atoms with E-state index in [-0.39, 0.29) is 0 Å². The summed E-state index contributed by atoms with van der Waals surface area (Å²) < 4.78 is 0. The number of pyridine rings is 1. The number of rotatable bonds is 5. The van der Waals surface area contributed by atoms with Crippen LogP contribution in [0.1, 0.15) is 57.7 Å². The first-order valence-corrected chi connectivity index (χ1v) is 6.14. The van der Waals surface area contributed by atoms with Gasteiger partial charge in [-0.05, 0) is 24.0 Å². The Kier molecular flexibility index (Phi) is 4.80. The molecule has 1 aromatic heterocycles. The molecule has 0 spiro atoms. The van der Waals surface area contributed by atoms with Crippen LogP contribution < -0.4 is 0 Å². The van der Waals surface area contributed by atoms with Crippen LogP contribution in [0, 0.1) is 5.92 Å². The van der Waals surface area contributed by atoms with Crippen molar-refractivity contribution in [3.63, 3.8) is 0 Å². The van der Waals surface area contributed by atoms with Gasteiger partial charge in [-0.3, -0.25) is 4.98 Å². The van der Waals surface area contributed by atoms with E-state index >= 15 is 0 Å². The normalized spacial score (nSPS) is 14.9. The van der Waals surface area contributed by atoms with Gasteiger partial charge in [0.1, 0.15) is 0 Å². The molecule has 1 aromatic rings. The van der Waals surface area contributed by atoms with Gasteiger partial charge in [0.05, 0.1) is 0 Å². The molecule has 2 unspecified atom stereocenters. The molecule has 0 amide bonds. The van der Waals surface area contributed by atoms with Crippen LogP contribution in [0.25, 0.3) is 0 Å². The van der Waals surface area contributed by atoms with E-state index in [0.717, 1.165) is 12.3 Å². The van der Waals surface area contributed by atoms with Crippen molar-refractivity contribution in [2.24, 2.45) is 5.92 Å². The Morgan fingerprint density at radius 3 is 2.60 bits per heavy atom. The smallest absolute Gasteiger partial charge is 0.0466 e. The number of aryl methyl sites for hydroxylation is 1. The van der Waals surface area contributed by atoms with Crippen LogP contribution in [-0.2, 0) is 6.42 Å². The van der Waals surface area contributed by atoms with E-state index in [1.807, 2.05) is 12.3 Å². The summed E-state index contributed by atoms with van der Waals surface area (Å²) in [5.41, 5.74) is 2.72. The summed E-state index contributed by atoms with van der Waals surface area (Å²) >= 11 is 0. The fourth-order valence-corrected chi connectivity index (χ4v) is 2.13. The Morgan fingerprint density at radius 2 is 2.00 bits per heavy atom. The zero-order chi connectivity index (χ0) is 11.3. The van der Waals surface area contributed by atoms with E-state index in [9.17, 15) is 0 Å². The molecule has 0 aliphatic rings. The Balaban J connectivity index is 2.84. The lowest BCUT2D eigenvalue weighted by atomic mass is 9.86. The lowest BCUT2D eigenvalue weighted by molar-refractivity contribution is 0.439. The van der Waals surface area contributed by atoms with Crippen LogP contribution in [0.15, 0.2) is 18.3 Å². The molecule has 2 atom stereocenters. The van der Waals surface area contributed by atoms with Crippen LogP contribution in [0.4, 0.5) is 0 Å². The highest BCUT2D eigenvalue weighted by atomic mass is 14.7. The topological polar surface area (TPSA) is 12.9 Å². The molecule has 84 valence electrons. The highest BCUT2D eigenvalue weighted by molar-refractivity contribution is 5.23. The molecule has 0 radical (unpaired) electrons. The molecule has 1 heterocycles. The molecule has 0 aliphatic heterocycles. The molecule has 0 saturated heterocycles. The molecule has 0 bridgehead atoms. The zero-order valence-corrected chi connectivity index (χ0v) is 10.5. The van der Waals surface area contributed by atoms with E-state index in [1.165, 1.54) is 24.1 Å². The second-order valence-corrected chi connectivity index (χ2v) is 4.46. The average Bonchev–Trinajstić information content (AvgIpc) is 2.28. The standard InChI is InChI=1S/C14H23N/c1-5-8-11(3)12(4)14-13(6-2)9-7-10-15-14/h7,9-12H,5-6,8H2,1-4H3. The van der Waals surface area contributed by atoms with Crippen molar-refractivity contribution in [2.75, 3.05) is 0 Å². The fourth-order valence-electron chi connectivity index (χ4n) is 2.13. The van der Waals surface area contributed by atoms with Gasteiger partial charge < -0.3 is 0 Å². The van der Waals surface area contributed by atoms with E-state index in [1.54, 1.807) is 0 Å². The highest BCUT2D eigenvalue weighted by Gasteiger charge is 2.16. The molecule has 0 aromatic carbocycles. The fraction of sp³-hybridized carbons (Fsp3) is 0.643. The van der Waals surface area contributed by atoms with Crippen LogP contribution in [-0.4, -0.2) is 4.98 Å². The summed E-state index contributed by atoms with van der Waals surface area (Å²) in [4.78, 5) is 4.55. The monoisotopic (exact) mass is 205 g/mol. The van der Waals surface area contributed by atoms with Crippen molar-refractivity contribution in [1.29, 1.82) is 0 Å². The average molecular weight is 205 g/mol. The number of aromatic nitrogens is 1. The van der Waals surface area contributed by atoms with E-state index in [4.69, 9.17) is 0 Å². The quantitative estimate of drug-likeness (QED) is 0.702. The molecule has 0 N–H and O–H groups in total. The third kappa shape index (κ3) is 3.05. The van der Waals surface area contributed by atoms with Gasteiger partial charge in [0.2, 0.25) is 0 Å². The first-order valence-electron chi connectivity index (χ1n) is 6.14. The largest absolute Gasteiger partial charge is 0.261 e. The maximum Gasteiger partial charge on any atom is 0.0466 e. The Bertz CT molecular complexity index is 293. The van der Waals surface area contributed by atoms with Gasteiger partial charge in [-0.25, -0.2) is 0 Å². The van der Waals surface area contributed by atoms with Crippen LogP contribution in [0.5, 0.6) is 0 Å². The molecular formula is C14H23N. The molecule has 15 heavy (non-hydrogen) atoms. The van der Waals surface area contributed by atoms with Gasteiger partial charge in [0.25, 0.3) is 0 Å². The van der Waals surface area contributed by atoms with Crippen molar-refractivity contribution in [3.8, 4) is 0 Å². The Morgan fingerprint density at radius 1 is 1.27 bits per heavy atom. The van der Waals surface area contributed by atoms with Crippen molar-refractivity contribution in [3.05, 3.63) is 29.6 Å².